The Hall–Kier alpha value is -1.58. The monoisotopic (exact) mass is 283 g/mol. The molecule has 0 bridgehead atoms. The van der Waals surface area contributed by atoms with Crippen LogP contribution in [0, 0.1) is 0 Å². The highest BCUT2D eigenvalue weighted by molar-refractivity contribution is 6.32. The van der Waals surface area contributed by atoms with Crippen LogP contribution in [0.5, 0.6) is 11.5 Å². The van der Waals surface area contributed by atoms with Gasteiger partial charge >= 0.3 is 0 Å². The Balaban J connectivity index is 2.16. The van der Waals surface area contributed by atoms with Gasteiger partial charge < -0.3 is 15.6 Å². The van der Waals surface area contributed by atoms with Crippen LogP contribution in [0.4, 0.5) is 5.69 Å². The van der Waals surface area contributed by atoms with E-state index in [1.807, 2.05) is 0 Å². The minimum Gasteiger partial charge on any atom is -0.508 e. The topological polar surface area (TPSA) is 55.5 Å². The minimum absolute atomic E-state index is 0.0876. The predicted molar refractivity (Wildman–Crippen MR) is 73.3 cm³/mol. The molecule has 0 aliphatic rings. The quantitative estimate of drug-likeness (QED) is 0.841. The van der Waals surface area contributed by atoms with E-state index >= 15 is 0 Å². The van der Waals surface area contributed by atoms with Gasteiger partial charge in [-0.3, -0.25) is 0 Å². The third kappa shape index (κ3) is 2.81. The molecule has 0 saturated heterocycles. The molecule has 0 saturated carbocycles. The molecule has 0 aromatic heterocycles. The number of phenolic OH excluding ortho intramolecular Hbond substituents is 1. The van der Waals surface area contributed by atoms with Gasteiger partial charge in [0.1, 0.15) is 18.1 Å². The number of nitrogen functional groups attached to an aromatic ring is 1. The smallest absolute Gasteiger partial charge is 0.138 e. The largest absolute Gasteiger partial charge is 0.508 e. The maximum Gasteiger partial charge on any atom is 0.138 e. The van der Waals surface area contributed by atoms with E-state index < -0.39 is 0 Å². The highest BCUT2D eigenvalue weighted by Crippen LogP contribution is 2.30. The van der Waals surface area contributed by atoms with Crippen molar-refractivity contribution in [2.24, 2.45) is 0 Å². The van der Waals surface area contributed by atoms with Crippen LogP contribution >= 0.6 is 23.2 Å². The standard InChI is InChI=1S/C13H11Cl2NO2/c14-10-2-1-3-12(16)9(10)7-18-13-5-4-8(17)6-11(13)15/h1-6,17H,7,16H2. The van der Waals surface area contributed by atoms with Crippen molar-refractivity contribution in [3.8, 4) is 11.5 Å². The number of aromatic hydroxyl groups is 1. The lowest BCUT2D eigenvalue weighted by Crippen LogP contribution is -2.01. The molecule has 2 aromatic carbocycles. The van der Waals surface area contributed by atoms with E-state index in [-0.39, 0.29) is 12.4 Å². The van der Waals surface area contributed by atoms with Gasteiger partial charge in [-0.2, -0.15) is 0 Å². The van der Waals surface area contributed by atoms with E-state index in [1.54, 1.807) is 24.3 Å². The highest BCUT2D eigenvalue weighted by atomic mass is 35.5. The number of benzene rings is 2. The fourth-order valence-electron chi connectivity index (χ4n) is 1.48. The van der Waals surface area contributed by atoms with E-state index in [1.165, 1.54) is 12.1 Å². The molecule has 2 aromatic rings. The van der Waals surface area contributed by atoms with Crippen molar-refractivity contribution in [3.05, 3.63) is 52.0 Å². The number of ether oxygens (including phenoxy) is 1. The van der Waals surface area contributed by atoms with E-state index in [2.05, 4.69) is 0 Å². The highest BCUT2D eigenvalue weighted by Gasteiger charge is 2.07. The van der Waals surface area contributed by atoms with Gasteiger partial charge in [0, 0.05) is 22.3 Å². The molecular formula is C13H11Cl2NO2. The van der Waals surface area contributed by atoms with Gasteiger partial charge in [-0.1, -0.05) is 29.3 Å². The van der Waals surface area contributed by atoms with E-state index in [0.29, 0.717) is 27.0 Å². The van der Waals surface area contributed by atoms with Crippen molar-refractivity contribution >= 4 is 28.9 Å². The molecule has 94 valence electrons. The fraction of sp³-hybridized carbons (Fsp3) is 0.0769. The molecule has 5 heteroatoms. The average Bonchev–Trinajstić information content (AvgIpc) is 2.31. The first-order valence-corrected chi connectivity index (χ1v) is 5.97. The van der Waals surface area contributed by atoms with Crippen LogP contribution in [0.3, 0.4) is 0 Å². The number of anilines is 1. The zero-order valence-electron chi connectivity index (χ0n) is 9.36. The van der Waals surface area contributed by atoms with Gasteiger partial charge in [0.2, 0.25) is 0 Å². The molecule has 0 unspecified atom stereocenters. The van der Waals surface area contributed by atoms with E-state index in [4.69, 9.17) is 33.7 Å². The second kappa shape index (κ2) is 5.38. The van der Waals surface area contributed by atoms with Crippen molar-refractivity contribution < 1.29 is 9.84 Å². The zero-order chi connectivity index (χ0) is 13.1. The second-order valence-corrected chi connectivity index (χ2v) is 4.53. The summed E-state index contributed by atoms with van der Waals surface area (Å²) >= 11 is 12.0. The van der Waals surface area contributed by atoms with Crippen molar-refractivity contribution in [1.29, 1.82) is 0 Å². The molecule has 0 atom stereocenters. The third-order valence-corrected chi connectivity index (χ3v) is 3.09. The molecule has 3 N–H and O–H groups in total. The minimum atomic E-state index is 0.0876. The Kier molecular flexibility index (Phi) is 3.84. The van der Waals surface area contributed by atoms with Crippen LogP contribution < -0.4 is 10.5 Å². The van der Waals surface area contributed by atoms with Gasteiger partial charge in [0.25, 0.3) is 0 Å². The predicted octanol–water partition coefficient (Wildman–Crippen LogP) is 3.86. The van der Waals surface area contributed by atoms with Gasteiger partial charge in [-0.25, -0.2) is 0 Å². The molecule has 18 heavy (non-hydrogen) atoms. The molecule has 0 heterocycles. The summed E-state index contributed by atoms with van der Waals surface area (Å²) < 4.78 is 5.53. The first kappa shape index (κ1) is 12.9. The third-order valence-electron chi connectivity index (χ3n) is 2.44. The maximum atomic E-state index is 9.23. The Bertz CT molecular complexity index is 553. The van der Waals surface area contributed by atoms with Gasteiger partial charge in [0.15, 0.2) is 0 Å². The van der Waals surface area contributed by atoms with Crippen LogP contribution in [-0.4, -0.2) is 5.11 Å². The summed E-state index contributed by atoms with van der Waals surface area (Å²) in [5.74, 6) is 0.554. The summed E-state index contributed by atoms with van der Waals surface area (Å²) in [5, 5.41) is 10.1. The van der Waals surface area contributed by atoms with E-state index in [0.717, 1.165) is 0 Å². The van der Waals surface area contributed by atoms with E-state index in [9.17, 15) is 5.11 Å². The molecule has 3 nitrogen and oxygen atoms in total. The number of rotatable bonds is 3. The Morgan fingerprint density at radius 1 is 1.11 bits per heavy atom. The summed E-state index contributed by atoms with van der Waals surface area (Å²) in [6, 6.07) is 9.77. The first-order chi connectivity index (χ1) is 8.58. The van der Waals surface area contributed by atoms with Crippen LogP contribution in [-0.2, 0) is 6.61 Å². The Labute approximate surface area is 115 Å². The van der Waals surface area contributed by atoms with Gasteiger partial charge in [-0.05, 0) is 24.3 Å². The fourth-order valence-corrected chi connectivity index (χ4v) is 1.95. The lowest BCUT2D eigenvalue weighted by molar-refractivity contribution is 0.306. The number of nitrogens with two attached hydrogens (primary N) is 1. The molecular weight excluding hydrogens is 273 g/mol. The van der Waals surface area contributed by atoms with Gasteiger partial charge in [0.05, 0.1) is 5.02 Å². The van der Waals surface area contributed by atoms with Crippen molar-refractivity contribution in [2.45, 2.75) is 6.61 Å². The van der Waals surface area contributed by atoms with Crippen LogP contribution in [0.1, 0.15) is 5.56 Å². The number of halogens is 2. The van der Waals surface area contributed by atoms with Crippen LogP contribution in [0.15, 0.2) is 36.4 Å². The number of hydrogen-bond donors (Lipinski definition) is 2. The van der Waals surface area contributed by atoms with Crippen LogP contribution in [0.25, 0.3) is 0 Å². The molecule has 0 amide bonds. The number of phenols is 1. The van der Waals surface area contributed by atoms with Gasteiger partial charge in [-0.15, -0.1) is 0 Å². The zero-order valence-corrected chi connectivity index (χ0v) is 10.9. The Morgan fingerprint density at radius 3 is 2.56 bits per heavy atom. The summed E-state index contributed by atoms with van der Waals surface area (Å²) in [4.78, 5) is 0. The lowest BCUT2D eigenvalue weighted by atomic mass is 10.2. The molecule has 0 aliphatic heterocycles. The normalized spacial score (nSPS) is 10.3. The molecule has 0 fully saturated rings. The molecule has 0 aliphatic carbocycles. The summed E-state index contributed by atoms with van der Waals surface area (Å²) in [6.45, 7) is 0.218. The Morgan fingerprint density at radius 2 is 1.89 bits per heavy atom. The van der Waals surface area contributed by atoms with Crippen molar-refractivity contribution in [3.63, 3.8) is 0 Å². The maximum absolute atomic E-state index is 9.23. The van der Waals surface area contributed by atoms with Crippen molar-refractivity contribution in [2.75, 3.05) is 5.73 Å². The van der Waals surface area contributed by atoms with Crippen LogP contribution in [0.2, 0.25) is 10.0 Å². The van der Waals surface area contributed by atoms with Crippen molar-refractivity contribution in [1.82, 2.24) is 0 Å². The summed E-state index contributed by atoms with van der Waals surface area (Å²) in [5.41, 5.74) is 7.09. The lowest BCUT2D eigenvalue weighted by Gasteiger charge is -2.11. The average molecular weight is 284 g/mol. The molecule has 0 spiro atoms. The SMILES string of the molecule is Nc1cccc(Cl)c1COc1ccc(O)cc1Cl. The first-order valence-electron chi connectivity index (χ1n) is 5.22. The molecule has 2 rings (SSSR count). The number of hydrogen-bond acceptors (Lipinski definition) is 3. The summed E-state index contributed by atoms with van der Waals surface area (Å²) in [6.07, 6.45) is 0. The summed E-state index contributed by atoms with van der Waals surface area (Å²) in [7, 11) is 0. The molecule has 0 radical (unpaired) electrons. The second-order valence-electron chi connectivity index (χ2n) is 3.71.